The summed E-state index contributed by atoms with van der Waals surface area (Å²) in [6.45, 7) is 0. The van der Waals surface area contributed by atoms with Crippen molar-refractivity contribution < 1.29 is 4.42 Å². The van der Waals surface area contributed by atoms with Gasteiger partial charge in [0.05, 0.1) is 27.8 Å². The van der Waals surface area contributed by atoms with Gasteiger partial charge >= 0.3 is 0 Å². The second-order valence-electron chi connectivity index (χ2n) is 18.2. The van der Waals surface area contributed by atoms with E-state index in [0.29, 0.717) is 5.82 Å². The molecule has 5 heterocycles. The molecule has 0 radical (unpaired) electrons. The van der Waals surface area contributed by atoms with Gasteiger partial charge in [-0.25, -0.2) is 9.97 Å². The number of fused-ring (bicyclic) bond motifs is 14. The van der Waals surface area contributed by atoms with Crippen molar-refractivity contribution in [3.63, 3.8) is 0 Å². The molecule has 15 aromatic rings. The molecule has 6 nitrogen and oxygen atoms in total. The largest absolute Gasteiger partial charge is 0.456 e. The second kappa shape index (κ2) is 15.0. The van der Waals surface area contributed by atoms with Gasteiger partial charge in [0.15, 0.2) is 5.82 Å². The summed E-state index contributed by atoms with van der Waals surface area (Å²) < 4.78 is 8.58. The van der Waals surface area contributed by atoms with E-state index in [2.05, 4.69) is 193 Å². The van der Waals surface area contributed by atoms with Gasteiger partial charge in [-0.2, -0.15) is 0 Å². The number of para-hydroxylation sites is 3. The first-order valence-corrected chi connectivity index (χ1v) is 23.6. The van der Waals surface area contributed by atoms with Crippen LogP contribution in [0.2, 0.25) is 0 Å². The Labute approximate surface area is 400 Å². The molecule has 70 heavy (non-hydrogen) atoms. The number of hydrogen-bond acceptors (Lipinski definition) is 5. The number of pyridine rings is 2. The van der Waals surface area contributed by atoms with Crippen molar-refractivity contribution in [1.29, 1.82) is 0 Å². The summed E-state index contributed by atoms with van der Waals surface area (Å²) in [5, 5.41) is 13.7. The topological polar surface area (TPSA) is 69.6 Å². The predicted octanol–water partition coefficient (Wildman–Crippen LogP) is 16.7. The summed E-state index contributed by atoms with van der Waals surface area (Å²) in [6.07, 6.45) is 3.69. The van der Waals surface area contributed by atoms with Crippen LogP contribution in [0, 0.1) is 0 Å². The van der Waals surface area contributed by atoms with Crippen LogP contribution in [0.3, 0.4) is 0 Å². The predicted molar refractivity (Wildman–Crippen MR) is 289 cm³/mol. The number of hydrogen-bond donors (Lipinski definition) is 0. The molecular weight excluding hydrogens is 855 g/mol. The summed E-state index contributed by atoms with van der Waals surface area (Å²) in [6, 6.07) is 75.7. The maximum atomic E-state index is 6.24. The number of rotatable bonds is 5. The Morgan fingerprint density at radius 3 is 1.71 bits per heavy atom. The highest BCUT2D eigenvalue weighted by atomic mass is 16.3. The molecule has 0 spiro atoms. The van der Waals surface area contributed by atoms with E-state index in [-0.39, 0.29) is 0 Å². The van der Waals surface area contributed by atoms with E-state index in [1.807, 2.05) is 36.7 Å². The molecule has 0 N–H and O–H groups in total. The summed E-state index contributed by atoms with van der Waals surface area (Å²) in [5.41, 5.74) is 12.8. The van der Waals surface area contributed by atoms with Gasteiger partial charge in [-0.05, 0) is 121 Å². The Hall–Kier alpha value is -9.52. The van der Waals surface area contributed by atoms with Crippen molar-refractivity contribution in [2.45, 2.75) is 0 Å². The van der Waals surface area contributed by atoms with Crippen molar-refractivity contribution in [3.05, 3.63) is 225 Å². The molecular formula is C64H37N5O. The highest BCUT2D eigenvalue weighted by molar-refractivity contribution is 6.29. The maximum Gasteiger partial charge on any atom is 0.164 e. The average Bonchev–Trinajstić information content (AvgIpc) is 3.97. The van der Waals surface area contributed by atoms with Gasteiger partial charge in [-0.3, -0.25) is 14.5 Å². The number of nitrogens with zero attached hydrogens (tertiary/aromatic N) is 5. The minimum absolute atomic E-state index is 0.590. The lowest BCUT2D eigenvalue weighted by Gasteiger charge is -2.15. The summed E-state index contributed by atoms with van der Waals surface area (Å²) in [5.74, 6) is 1.34. The molecule has 0 amide bonds. The van der Waals surface area contributed by atoms with Crippen LogP contribution >= 0.6 is 0 Å². The van der Waals surface area contributed by atoms with E-state index in [0.717, 1.165) is 110 Å². The fourth-order valence-electron chi connectivity index (χ4n) is 11.0. The first kappa shape index (κ1) is 38.6. The number of aromatic nitrogens is 5. The third kappa shape index (κ3) is 5.87. The van der Waals surface area contributed by atoms with E-state index in [1.165, 1.54) is 32.3 Å². The van der Waals surface area contributed by atoms with Gasteiger partial charge in [-0.1, -0.05) is 140 Å². The lowest BCUT2D eigenvalue weighted by Crippen LogP contribution is -2.03. The van der Waals surface area contributed by atoms with Crippen molar-refractivity contribution >= 4 is 97.9 Å². The standard InChI is InChI=1S/C64H37N5O/c1-2-12-38(13-3-1)41-25-28-57-53(33-41)54-35-51-50-32-42(43-26-29-60-55(34-43)47-20-6-7-23-59(47)70-60)24-27-46(50)44-18-4-5-19-45(44)52(51)36-58(54)69(57)61-37-56(48-21-8-14-39-16-10-30-65-62(39)48)67-64(68-61)49-22-9-15-40-17-11-31-66-63(40)49/h1-37H. The van der Waals surface area contributed by atoms with Crippen LogP contribution < -0.4 is 0 Å². The molecule has 324 valence electrons. The lowest BCUT2D eigenvalue weighted by molar-refractivity contribution is 0.669. The molecule has 6 heteroatoms. The maximum absolute atomic E-state index is 6.24. The van der Waals surface area contributed by atoms with Crippen molar-refractivity contribution in [1.82, 2.24) is 24.5 Å². The minimum Gasteiger partial charge on any atom is -0.456 e. The van der Waals surface area contributed by atoms with Crippen LogP contribution in [0.1, 0.15) is 0 Å². The summed E-state index contributed by atoms with van der Waals surface area (Å²) >= 11 is 0. The third-order valence-electron chi connectivity index (χ3n) is 14.3. The fourth-order valence-corrected chi connectivity index (χ4v) is 11.0. The zero-order valence-electron chi connectivity index (χ0n) is 37.5. The molecule has 10 aromatic carbocycles. The molecule has 0 aliphatic carbocycles. The normalized spacial score (nSPS) is 12.0. The van der Waals surface area contributed by atoms with Gasteiger partial charge in [-0.15, -0.1) is 0 Å². The van der Waals surface area contributed by atoms with Crippen molar-refractivity contribution in [2.24, 2.45) is 0 Å². The van der Waals surface area contributed by atoms with Gasteiger partial charge in [0.1, 0.15) is 17.0 Å². The van der Waals surface area contributed by atoms with E-state index in [4.69, 9.17) is 24.4 Å². The minimum atomic E-state index is 0.590. The summed E-state index contributed by atoms with van der Waals surface area (Å²) in [7, 11) is 0. The van der Waals surface area contributed by atoms with E-state index < -0.39 is 0 Å². The van der Waals surface area contributed by atoms with Crippen LogP contribution in [0.5, 0.6) is 0 Å². The molecule has 0 saturated carbocycles. The summed E-state index contributed by atoms with van der Waals surface area (Å²) in [4.78, 5) is 20.7. The van der Waals surface area contributed by atoms with Crippen LogP contribution in [-0.4, -0.2) is 24.5 Å². The Morgan fingerprint density at radius 1 is 0.329 bits per heavy atom. The highest BCUT2D eigenvalue weighted by Crippen LogP contribution is 2.44. The molecule has 0 bridgehead atoms. The molecule has 0 saturated heterocycles. The van der Waals surface area contributed by atoms with Crippen molar-refractivity contribution in [3.8, 4) is 50.7 Å². The second-order valence-corrected chi connectivity index (χ2v) is 18.2. The van der Waals surface area contributed by atoms with Crippen molar-refractivity contribution in [2.75, 3.05) is 0 Å². The highest BCUT2D eigenvalue weighted by Gasteiger charge is 2.22. The lowest BCUT2D eigenvalue weighted by atomic mass is 9.91. The van der Waals surface area contributed by atoms with E-state index >= 15 is 0 Å². The molecule has 0 fully saturated rings. The van der Waals surface area contributed by atoms with Crippen LogP contribution in [0.15, 0.2) is 229 Å². The smallest absolute Gasteiger partial charge is 0.164 e. The van der Waals surface area contributed by atoms with E-state index in [1.54, 1.807) is 0 Å². The molecule has 15 rings (SSSR count). The number of benzene rings is 10. The Kier molecular flexibility index (Phi) is 8.26. The zero-order chi connectivity index (χ0) is 45.9. The molecule has 0 unspecified atom stereocenters. The van der Waals surface area contributed by atoms with Crippen LogP contribution in [0.25, 0.3) is 149 Å². The van der Waals surface area contributed by atoms with Crippen LogP contribution in [0.4, 0.5) is 0 Å². The Balaban J connectivity index is 1.05. The fraction of sp³-hybridized carbons (Fsp3) is 0. The van der Waals surface area contributed by atoms with Gasteiger partial charge < -0.3 is 4.42 Å². The molecule has 0 atom stereocenters. The molecule has 5 aromatic heterocycles. The average molecular weight is 892 g/mol. The van der Waals surface area contributed by atoms with Gasteiger partial charge in [0.2, 0.25) is 0 Å². The Bertz CT molecular complexity index is 4560. The molecule has 0 aliphatic heterocycles. The van der Waals surface area contributed by atoms with Crippen LogP contribution in [-0.2, 0) is 0 Å². The first-order valence-electron chi connectivity index (χ1n) is 23.6. The zero-order valence-corrected chi connectivity index (χ0v) is 37.5. The van der Waals surface area contributed by atoms with Gasteiger partial charge in [0.25, 0.3) is 0 Å². The third-order valence-corrected chi connectivity index (χ3v) is 14.3. The first-order chi connectivity index (χ1) is 34.7. The SMILES string of the molecule is c1ccc(-c2ccc3c(c2)c2cc4c5cc(-c6ccc7oc8ccccc8c7c6)ccc5c5ccccc5c4cc2n3-c2cc(-c3cccc4cccnc34)nc(-c3cccc4cccnc34)n2)cc1. The Morgan fingerprint density at radius 2 is 0.900 bits per heavy atom. The number of furan rings is 1. The monoisotopic (exact) mass is 891 g/mol. The molecule has 0 aliphatic rings. The quantitative estimate of drug-likeness (QED) is 0.161. The van der Waals surface area contributed by atoms with E-state index in [9.17, 15) is 0 Å². The van der Waals surface area contributed by atoms with Gasteiger partial charge in [0, 0.05) is 61.9 Å².